The van der Waals surface area contributed by atoms with Gasteiger partial charge in [-0.2, -0.15) is 0 Å². The molecule has 3 atom stereocenters. The van der Waals surface area contributed by atoms with Gasteiger partial charge in [-0.25, -0.2) is 14.4 Å². The Morgan fingerprint density at radius 2 is 2.03 bits per heavy atom. The molecule has 0 bridgehead atoms. The van der Waals surface area contributed by atoms with E-state index in [1.54, 1.807) is 12.1 Å². The van der Waals surface area contributed by atoms with E-state index >= 15 is 0 Å². The Labute approximate surface area is 195 Å². The predicted octanol–water partition coefficient (Wildman–Crippen LogP) is 1.63. The van der Waals surface area contributed by atoms with Crippen molar-refractivity contribution < 1.29 is 14.0 Å². The van der Waals surface area contributed by atoms with E-state index in [2.05, 4.69) is 20.6 Å². The molecule has 34 heavy (non-hydrogen) atoms. The highest BCUT2D eigenvalue weighted by molar-refractivity contribution is 6.07. The van der Waals surface area contributed by atoms with Crippen LogP contribution in [-0.2, 0) is 21.4 Å². The van der Waals surface area contributed by atoms with Gasteiger partial charge in [-0.15, -0.1) is 0 Å². The molecule has 2 aromatic carbocycles. The lowest BCUT2D eigenvalue weighted by Crippen LogP contribution is -2.50. The van der Waals surface area contributed by atoms with Crippen LogP contribution in [0, 0.1) is 5.82 Å². The fourth-order valence-corrected chi connectivity index (χ4v) is 4.84. The number of anilines is 3. The lowest BCUT2D eigenvalue weighted by Gasteiger charge is -2.28. The second-order valence-electron chi connectivity index (χ2n) is 8.64. The molecule has 0 unspecified atom stereocenters. The fraction of sp³-hybridized carbons (Fsp3) is 0.250. The number of nitrogens with one attached hydrogen (secondary N) is 2. The summed E-state index contributed by atoms with van der Waals surface area (Å²) in [6, 6.07) is 12.6. The molecular weight excluding hydrogens is 437 g/mol. The van der Waals surface area contributed by atoms with E-state index in [-0.39, 0.29) is 36.4 Å². The van der Waals surface area contributed by atoms with Crippen molar-refractivity contribution in [3.05, 3.63) is 77.9 Å². The van der Waals surface area contributed by atoms with Crippen LogP contribution in [0.5, 0.6) is 0 Å². The molecular formula is C24H24FN7O2. The number of rotatable bonds is 5. The molecule has 3 heterocycles. The molecule has 174 valence electrons. The number of carbonyl (C=O) groups is 2. The van der Waals surface area contributed by atoms with Crippen molar-refractivity contribution in [2.45, 2.75) is 30.5 Å². The number of nitrogens with two attached hydrogens (primary N) is 2. The normalized spacial score (nSPS) is 21.9. The lowest BCUT2D eigenvalue weighted by molar-refractivity contribution is -0.133. The standard InChI is InChI=1S/C24H24FN7O2/c25-15-5-3-4-14(10-15)11-18(30-21-20(27)28-8-9-29-21)22(33)32-13-24(12-19(32)26)16-6-1-2-7-17(16)31-23(24)34/h1-10,18-19H,11-13,26H2,(H2,27,28)(H,29,30)(H,31,34)/t18-,19-,24-/m0/s1. The van der Waals surface area contributed by atoms with Crippen molar-refractivity contribution in [1.82, 2.24) is 14.9 Å². The Kier molecular flexibility index (Phi) is 5.37. The van der Waals surface area contributed by atoms with E-state index in [1.165, 1.54) is 29.4 Å². The minimum absolute atomic E-state index is 0.130. The highest BCUT2D eigenvalue weighted by atomic mass is 19.1. The van der Waals surface area contributed by atoms with Crippen molar-refractivity contribution in [1.29, 1.82) is 0 Å². The zero-order valence-corrected chi connectivity index (χ0v) is 18.2. The van der Waals surface area contributed by atoms with Crippen molar-refractivity contribution >= 4 is 29.1 Å². The Hall–Kier alpha value is -4.05. The first-order chi connectivity index (χ1) is 16.4. The number of nitrogen functional groups attached to an aromatic ring is 1. The summed E-state index contributed by atoms with van der Waals surface area (Å²) in [7, 11) is 0. The van der Waals surface area contributed by atoms with Crippen LogP contribution in [0.15, 0.2) is 60.9 Å². The maximum Gasteiger partial charge on any atom is 0.246 e. The van der Waals surface area contributed by atoms with Gasteiger partial charge in [0.25, 0.3) is 0 Å². The quantitative estimate of drug-likeness (QED) is 0.453. The van der Waals surface area contributed by atoms with Crippen LogP contribution in [0.2, 0.25) is 0 Å². The summed E-state index contributed by atoms with van der Waals surface area (Å²) < 4.78 is 13.8. The van der Waals surface area contributed by atoms with Crippen LogP contribution in [0.1, 0.15) is 17.5 Å². The average Bonchev–Trinajstić information content (AvgIpc) is 3.31. The number of hydrogen-bond donors (Lipinski definition) is 4. The molecule has 0 aliphatic carbocycles. The van der Waals surface area contributed by atoms with Crippen molar-refractivity contribution in [3.63, 3.8) is 0 Å². The van der Waals surface area contributed by atoms with Crippen LogP contribution in [0.4, 0.5) is 21.7 Å². The molecule has 2 aliphatic rings. The number of para-hydroxylation sites is 1. The number of carbonyl (C=O) groups excluding carboxylic acids is 2. The number of fused-ring (bicyclic) bond motifs is 2. The van der Waals surface area contributed by atoms with E-state index < -0.39 is 23.4 Å². The highest BCUT2D eigenvalue weighted by Gasteiger charge is 2.55. The third-order valence-electron chi connectivity index (χ3n) is 6.47. The van der Waals surface area contributed by atoms with E-state index in [0.717, 1.165) is 11.3 Å². The number of benzene rings is 2. The molecule has 5 rings (SSSR count). The summed E-state index contributed by atoms with van der Waals surface area (Å²) in [5.41, 5.74) is 13.6. The van der Waals surface area contributed by atoms with Crippen LogP contribution >= 0.6 is 0 Å². The molecule has 0 saturated carbocycles. The average molecular weight is 462 g/mol. The minimum atomic E-state index is -0.916. The van der Waals surface area contributed by atoms with Crippen LogP contribution in [0.25, 0.3) is 0 Å². The highest BCUT2D eigenvalue weighted by Crippen LogP contribution is 2.45. The van der Waals surface area contributed by atoms with Crippen molar-refractivity contribution in [3.8, 4) is 0 Å². The first-order valence-electron chi connectivity index (χ1n) is 10.9. The van der Waals surface area contributed by atoms with Gasteiger partial charge in [0.2, 0.25) is 11.8 Å². The largest absolute Gasteiger partial charge is 0.381 e. The first-order valence-corrected chi connectivity index (χ1v) is 10.9. The number of aromatic nitrogens is 2. The second kappa shape index (κ2) is 8.38. The van der Waals surface area contributed by atoms with E-state index in [4.69, 9.17) is 11.5 Å². The van der Waals surface area contributed by atoms with Crippen molar-refractivity contribution in [2.24, 2.45) is 5.73 Å². The Bertz CT molecular complexity index is 1270. The SMILES string of the molecule is Nc1nccnc1N[C@@H](Cc1cccc(F)c1)C(=O)N1C[C@]2(C[C@H]1N)C(=O)Nc1ccccc12. The third-order valence-corrected chi connectivity index (χ3v) is 6.47. The molecule has 2 amide bonds. The zero-order chi connectivity index (χ0) is 23.9. The Balaban J connectivity index is 1.46. The van der Waals surface area contributed by atoms with Crippen LogP contribution in [0.3, 0.4) is 0 Å². The molecule has 1 fully saturated rings. The van der Waals surface area contributed by atoms with Gasteiger partial charge in [0, 0.05) is 37.5 Å². The Morgan fingerprint density at radius 3 is 2.82 bits per heavy atom. The van der Waals surface area contributed by atoms with Gasteiger partial charge in [-0.3, -0.25) is 9.59 Å². The molecule has 2 aliphatic heterocycles. The van der Waals surface area contributed by atoms with Gasteiger partial charge >= 0.3 is 0 Å². The molecule has 0 radical (unpaired) electrons. The zero-order valence-electron chi connectivity index (χ0n) is 18.2. The summed E-state index contributed by atoms with van der Waals surface area (Å²) in [6.45, 7) is 0.132. The molecule has 6 N–H and O–H groups in total. The third kappa shape index (κ3) is 3.71. The van der Waals surface area contributed by atoms with E-state index in [9.17, 15) is 14.0 Å². The molecule has 3 aromatic rings. The van der Waals surface area contributed by atoms with Gasteiger partial charge in [-0.1, -0.05) is 30.3 Å². The summed E-state index contributed by atoms with van der Waals surface area (Å²) >= 11 is 0. The molecule has 1 aromatic heterocycles. The maximum absolute atomic E-state index is 13.8. The molecule has 10 heteroatoms. The smallest absolute Gasteiger partial charge is 0.246 e. The lowest BCUT2D eigenvalue weighted by atomic mass is 9.80. The van der Waals surface area contributed by atoms with Gasteiger partial charge in [0.1, 0.15) is 11.9 Å². The van der Waals surface area contributed by atoms with Gasteiger partial charge in [-0.05, 0) is 29.3 Å². The van der Waals surface area contributed by atoms with Gasteiger partial charge < -0.3 is 27.0 Å². The Morgan fingerprint density at radius 1 is 1.24 bits per heavy atom. The number of nitrogens with zero attached hydrogens (tertiary/aromatic N) is 3. The van der Waals surface area contributed by atoms with Gasteiger partial charge in [0.05, 0.1) is 11.6 Å². The number of amides is 2. The van der Waals surface area contributed by atoms with Crippen molar-refractivity contribution in [2.75, 3.05) is 22.9 Å². The number of halogens is 1. The molecule has 9 nitrogen and oxygen atoms in total. The van der Waals surface area contributed by atoms with Gasteiger partial charge in [0.15, 0.2) is 11.6 Å². The minimum Gasteiger partial charge on any atom is -0.381 e. The van der Waals surface area contributed by atoms with E-state index in [0.29, 0.717) is 12.0 Å². The molecule has 1 saturated heterocycles. The van der Waals surface area contributed by atoms with Crippen LogP contribution in [-0.4, -0.2) is 45.4 Å². The number of hydrogen-bond acceptors (Lipinski definition) is 7. The summed E-state index contributed by atoms with van der Waals surface area (Å²) in [6.07, 6.45) is 2.67. The fourth-order valence-electron chi connectivity index (χ4n) is 4.84. The summed E-state index contributed by atoms with van der Waals surface area (Å²) in [4.78, 5) is 36.5. The second-order valence-corrected chi connectivity index (χ2v) is 8.64. The van der Waals surface area contributed by atoms with Crippen LogP contribution < -0.4 is 22.1 Å². The number of likely N-dealkylation sites (tertiary alicyclic amines) is 1. The topological polar surface area (TPSA) is 139 Å². The van der Waals surface area contributed by atoms with E-state index in [1.807, 2.05) is 24.3 Å². The monoisotopic (exact) mass is 461 g/mol. The predicted molar refractivity (Wildman–Crippen MR) is 125 cm³/mol. The molecule has 1 spiro atoms. The summed E-state index contributed by atoms with van der Waals surface area (Å²) in [5.74, 6) is -0.545. The summed E-state index contributed by atoms with van der Waals surface area (Å²) in [5, 5.41) is 5.96. The maximum atomic E-state index is 13.8. The first kappa shape index (κ1) is 21.8.